The maximum absolute atomic E-state index is 11.9. The predicted molar refractivity (Wildman–Crippen MR) is 72.3 cm³/mol. The van der Waals surface area contributed by atoms with E-state index in [1.54, 1.807) is 6.92 Å². The summed E-state index contributed by atoms with van der Waals surface area (Å²) in [5.74, 6) is -0.645. The third-order valence-corrected chi connectivity index (χ3v) is 3.10. The Labute approximate surface area is 122 Å². The van der Waals surface area contributed by atoms with Gasteiger partial charge in [0.25, 0.3) is 11.6 Å². The van der Waals surface area contributed by atoms with E-state index in [-0.39, 0.29) is 21.6 Å². The average molecular weight is 316 g/mol. The predicted octanol–water partition coefficient (Wildman–Crippen LogP) is 3.45. The number of rotatable bonds is 3. The van der Waals surface area contributed by atoms with Crippen molar-refractivity contribution in [1.29, 1.82) is 0 Å². The normalized spacial score (nSPS) is 10.3. The van der Waals surface area contributed by atoms with Gasteiger partial charge in [-0.1, -0.05) is 23.2 Å². The number of nitro benzene ring substituents is 1. The van der Waals surface area contributed by atoms with Gasteiger partial charge in [-0.05, 0) is 13.0 Å². The number of halogens is 2. The number of amides is 1. The molecule has 9 heteroatoms. The van der Waals surface area contributed by atoms with Crippen LogP contribution >= 0.6 is 23.2 Å². The minimum Gasteiger partial charge on any atom is -0.432 e. The highest BCUT2D eigenvalue weighted by Crippen LogP contribution is 2.33. The molecule has 1 aromatic heterocycles. The van der Waals surface area contributed by atoms with Gasteiger partial charge < -0.3 is 4.42 Å². The molecule has 0 aliphatic carbocycles. The lowest BCUT2D eigenvalue weighted by Crippen LogP contribution is -2.12. The lowest BCUT2D eigenvalue weighted by Gasteiger charge is -2.04. The number of oxazole rings is 1. The number of nitrogens with one attached hydrogen (secondary N) is 1. The summed E-state index contributed by atoms with van der Waals surface area (Å²) in [7, 11) is 0. The summed E-state index contributed by atoms with van der Waals surface area (Å²) < 4.78 is 4.95. The Kier molecular flexibility index (Phi) is 3.91. The van der Waals surface area contributed by atoms with Crippen molar-refractivity contribution in [2.24, 2.45) is 0 Å². The van der Waals surface area contributed by atoms with Gasteiger partial charge in [0, 0.05) is 11.6 Å². The molecule has 0 saturated heterocycles. The van der Waals surface area contributed by atoms with Gasteiger partial charge in [0.1, 0.15) is 11.3 Å². The Morgan fingerprint density at radius 2 is 2.15 bits per heavy atom. The molecule has 0 bridgehead atoms. The van der Waals surface area contributed by atoms with E-state index in [0.717, 1.165) is 6.07 Å². The number of aromatic nitrogens is 1. The fourth-order valence-corrected chi connectivity index (χ4v) is 1.81. The van der Waals surface area contributed by atoms with Crippen molar-refractivity contribution < 1.29 is 14.1 Å². The molecule has 2 aromatic rings. The second-order valence-corrected chi connectivity index (χ2v) is 4.58. The molecule has 104 valence electrons. The molecule has 20 heavy (non-hydrogen) atoms. The highest BCUT2D eigenvalue weighted by atomic mass is 35.5. The summed E-state index contributed by atoms with van der Waals surface area (Å²) >= 11 is 11.5. The van der Waals surface area contributed by atoms with Gasteiger partial charge in [-0.25, -0.2) is 0 Å². The van der Waals surface area contributed by atoms with Crippen LogP contribution in [0.5, 0.6) is 0 Å². The number of anilines is 1. The van der Waals surface area contributed by atoms with Gasteiger partial charge >= 0.3 is 6.01 Å². The molecule has 0 fully saturated rings. The number of benzene rings is 1. The molecule has 0 atom stereocenters. The summed E-state index contributed by atoms with van der Waals surface area (Å²) in [6, 6.07) is 2.24. The maximum atomic E-state index is 11.9. The molecule has 0 unspecified atom stereocenters. The van der Waals surface area contributed by atoms with Crippen molar-refractivity contribution >= 4 is 40.8 Å². The van der Waals surface area contributed by atoms with Crippen LogP contribution in [0.4, 0.5) is 11.7 Å². The van der Waals surface area contributed by atoms with Gasteiger partial charge in [0.2, 0.25) is 0 Å². The number of nitrogens with zero attached hydrogens (tertiary/aromatic N) is 2. The molecule has 7 nitrogen and oxygen atoms in total. The molecule has 0 aliphatic rings. The molecule has 1 amide bonds. The summed E-state index contributed by atoms with van der Waals surface area (Å²) in [6.45, 7) is 1.68. The molecule has 1 heterocycles. The minimum absolute atomic E-state index is 0.0128. The Bertz CT molecular complexity index is 699. The second kappa shape index (κ2) is 5.48. The average Bonchev–Trinajstić information content (AvgIpc) is 2.77. The molecule has 0 saturated carbocycles. The number of carbonyl (C=O) groups is 1. The molecule has 1 aromatic carbocycles. The number of nitro groups is 1. The minimum atomic E-state index is -0.722. The first-order valence-electron chi connectivity index (χ1n) is 5.25. The van der Waals surface area contributed by atoms with Crippen LogP contribution < -0.4 is 5.32 Å². The molecular weight excluding hydrogens is 309 g/mol. The fraction of sp³-hybridized carbons (Fsp3) is 0.0909. The Balaban J connectivity index is 2.32. The van der Waals surface area contributed by atoms with Crippen LogP contribution in [-0.2, 0) is 0 Å². The lowest BCUT2D eigenvalue weighted by atomic mass is 10.2. The zero-order chi connectivity index (χ0) is 14.9. The Hall–Kier alpha value is -2.12. The maximum Gasteiger partial charge on any atom is 0.301 e. The van der Waals surface area contributed by atoms with Crippen LogP contribution in [0.3, 0.4) is 0 Å². The summed E-state index contributed by atoms with van der Waals surface area (Å²) in [5, 5.41) is 12.9. The van der Waals surface area contributed by atoms with E-state index >= 15 is 0 Å². The SMILES string of the molecule is Cc1coc(NC(=O)c2cc(Cl)c(Cl)c([N+](=O)[O-])c2)n1. The molecule has 0 aliphatic heterocycles. The largest absolute Gasteiger partial charge is 0.432 e. The van der Waals surface area contributed by atoms with Crippen LogP contribution in [-0.4, -0.2) is 15.8 Å². The van der Waals surface area contributed by atoms with Crippen LogP contribution in [0.1, 0.15) is 16.1 Å². The van der Waals surface area contributed by atoms with Gasteiger partial charge in [0.05, 0.1) is 15.6 Å². The molecule has 0 radical (unpaired) electrons. The van der Waals surface area contributed by atoms with E-state index in [1.807, 2.05) is 0 Å². The van der Waals surface area contributed by atoms with Crippen molar-refractivity contribution in [2.45, 2.75) is 6.92 Å². The monoisotopic (exact) mass is 315 g/mol. The highest BCUT2D eigenvalue weighted by Gasteiger charge is 2.20. The van der Waals surface area contributed by atoms with Crippen molar-refractivity contribution in [1.82, 2.24) is 4.98 Å². The van der Waals surface area contributed by atoms with E-state index < -0.39 is 16.5 Å². The molecular formula is C11H7Cl2N3O4. The fourth-order valence-electron chi connectivity index (χ4n) is 1.42. The van der Waals surface area contributed by atoms with Crippen LogP contribution in [0.25, 0.3) is 0 Å². The van der Waals surface area contributed by atoms with Crippen LogP contribution in [0.2, 0.25) is 10.0 Å². The van der Waals surface area contributed by atoms with Crippen molar-refractivity contribution in [2.75, 3.05) is 5.32 Å². The van der Waals surface area contributed by atoms with E-state index in [1.165, 1.54) is 12.3 Å². The van der Waals surface area contributed by atoms with Gasteiger partial charge in [-0.2, -0.15) is 4.98 Å². The van der Waals surface area contributed by atoms with E-state index in [9.17, 15) is 14.9 Å². The molecule has 2 rings (SSSR count). The lowest BCUT2D eigenvalue weighted by molar-refractivity contribution is -0.384. The van der Waals surface area contributed by atoms with Gasteiger partial charge in [-0.3, -0.25) is 20.2 Å². The summed E-state index contributed by atoms with van der Waals surface area (Å²) in [4.78, 5) is 25.9. The first-order valence-corrected chi connectivity index (χ1v) is 6.01. The van der Waals surface area contributed by atoms with Crippen LogP contribution in [0, 0.1) is 17.0 Å². The number of carbonyl (C=O) groups excluding carboxylic acids is 1. The number of hydrogen-bond acceptors (Lipinski definition) is 5. The van der Waals surface area contributed by atoms with E-state index in [2.05, 4.69) is 10.3 Å². The Morgan fingerprint density at radius 3 is 2.70 bits per heavy atom. The summed E-state index contributed by atoms with van der Waals surface area (Å²) in [5.41, 5.74) is 0.107. The quantitative estimate of drug-likeness (QED) is 0.690. The van der Waals surface area contributed by atoms with Gasteiger partial charge in [0.15, 0.2) is 0 Å². The smallest absolute Gasteiger partial charge is 0.301 e. The van der Waals surface area contributed by atoms with Crippen molar-refractivity contribution in [3.63, 3.8) is 0 Å². The zero-order valence-corrected chi connectivity index (χ0v) is 11.5. The van der Waals surface area contributed by atoms with Gasteiger partial charge in [-0.15, -0.1) is 0 Å². The highest BCUT2D eigenvalue weighted by molar-refractivity contribution is 6.43. The molecule has 1 N–H and O–H groups in total. The molecule has 0 spiro atoms. The van der Waals surface area contributed by atoms with Crippen LogP contribution in [0.15, 0.2) is 22.8 Å². The standard InChI is InChI=1S/C11H7Cl2N3O4/c1-5-4-20-11(14-5)15-10(17)6-2-7(12)9(13)8(3-6)16(18)19/h2-4H,1H3,(H,14,15,17). The first kappa shape index (κ1) is 14.3. The Morgan fingerprint density at radius 1 is 1.45 bits per heavy atom. The summed E-state index contributed by atoms with van der Waals surface area (Å²) in [6.07, 6.45) is 1.35. The number of hydrogen-bond donors (Lipinski definition) is 1. The van der Waals surface area contributed by atoms with E-state index in [0.29, 0.717) is 5.69 Å². The van der Waals surface area contributed by atoms with E-state index in [4.69, 9.17) is 27.6 Å². The number of aryl methyl sites for hydroxylation is 1. The first-order chi connectivity index (χ1) is 9.38. The zero-order valence-electron chi connectivity index (χ0n) is 10.0. The van der Waals surface area contributed by atoms with Crippen molar-refractivity contribution in [3.8, 4) is 0 Å². The second-order valence-electron chi connectivity index (χ2n) is 3.80. The van der Waals surface area contributed by atoms with Crippen molar-refractivity contribution in [3.05, 3.63) is 49.8 Å². The third-order valence-electron chi connectivity index (χ3n) is 2.31. The topological polar surface area (TPSA) is 98.3 Å². The third kappa shape index (κ3) is 2.89.